The van der Waals surface area contributed by atoms with E-state index in [9.17, 15) is 4.79 Å². The predicted octanol–water partition coefficient (Wildman–Crippen LogP) is 2.35. The topological polar surface area (TPSA) is 73.6 Å². The quantitative estimate of drug-likeness (QED) is 0.752. The molecule has 1 unspecified atom stereocenters. The van der Waals surface area contributed by atoms with Crippen molar-refractivity contribution in [3.8, 4) is 11.5 Å². The molecule has 1 atom stereocenters. The van der Waals surface area contributed by atoms with E-state index in [0.717, 1.165) is 12.8 Å². The van der Waals surface area contributed by atoms with E-state index in [1.54, 1.807) is 32.2 Å². The van der Waals surface area contributed by atoms with Gasteiger partial charge in [-0.1, -0.05) is 13.8 Å². The Balaban J connectivity index is 2.65. The standard InChI is InChI=1S/C15H24N2O3/c1-5-11(6-2)17-15(18)10(3)20-14-8-7-12(19-4)9-13(14)16/h7-11H,5-6,16H2,1-4H3,(H,17,18). The fourth-order valence-electron chi connectivity index (χ4n) is 1.82. The van der Waals surface area contributed by atoms with Crippen molar-refractivity contribution in [1.29, 1.82) is 0 Å². The fraction of sp³-hybridized carbons (Fsp3) is 0.533. The maximum atomic E-state index is 12.0. The smallest absolute Gasteiger partial charge is 0.260 e. The summed E-state index contributed by atoms with van der Waals surface area (Å²) in [6.45, 7) is 5.80. The number of carbonyl (C=O) groups is 1. The van der Waals surface area contributed by atoms with Crippen molar-refractivity contribution in [3.05, 3.63) is 18.2 Å². The fourth-order valence-corrected chi connectivity index (χ4v) is 1.82. The molecule has 0 bridgehead atoms. The van der Waals surface area contributed by atoms with Gasteiger partial charge in [-0.3, -0.25) is 4.79 Å². The number of methoxy groups -OCH3 is 1. The molecule has 3 N–H and O–H groups in total. The molecular weight excluding hydrogens is 256 g/mol. The Kier molecular flexibility index (Phi) is 6.15. The van der Waals surface area contributed by atoms with Crippen LogP contribution in [0, 0.1) is 0 Å². The number of rotatable bonds is 7. The Hall–Kier alpha value is -1.91. The second kappa shape index (κ2) is 7.62. The molecular formula is C15H24N2O3. The molecule has 0 heterocycles. The SMILES string of the molecule is CCC(CC)NC(=O)C(C)Oc1ccc(OC)cc1N. The number of anilines is 1. The highest BCUT2D eigenvalue weighted by Gasteiger charge is 2.18. The van der Waals surface area contributed by atoms with Crippen LogP contribution in [0.4, 0.5) is 5.69 Å². The van der Waals surface area contributed by atoms with Crippen LogP contribution in [0.3, 0.4) is 0 Å². The van der Waals surface area contributed by atoms with Crippen molar-refractivity contribution in [2.45, 2.75) is 45.8 Å². The summed E-state index contributed by atoms with van der Waals surface area (Å²) in [5.41, 5.74) is 6.31. The molecule has 0 aromatic heterocycles. The van der Waals surface area contributed by atoms with Crippen LogP contribution >= 0.6 is 0 Å². The van der Waals surface area contributed by atoms with Gasteiger partial charge in [-0.2, -0.15) is 0 Å². The number of ether oxygens (including phenoxy) is 2. The van der Waals surface area contributed by atoms with Gasteiger partial charge in [0.1, 0.15) is 11.5 Å². The van der Waals surface area contributed by atoms with E-state index < -0.39 is 6.10 Å². The van der Waals surface area contributed by atoms with Crippen LogP contribution in [0.25, 0.3) is 0 Å². The number of nitrogens with one attached hydrogen (secondary N) is 1. The van der Waals surface area contributed by atoms with Gasteiger partial charge in [0.25, 0.3) is 5.91 Å². The predicted molar refractivity (Wildman–Crippen MR) is 80.0 cm³/mol. The summed E-state index contributed by atoms with van der Waals surface area (Å²) in [6.07, 6.45) is 1.21. The Labute approximate surface area is 120 Å². The number of benzene rings is 1. The number of amides is 1. The minimum Gasteiger partial charge on any atom is -0.497 e. The lowest BCUT2D eigenvalue weighted by Gasteiger charge is -2.20. The number of carbonyl (C=O) groups excluding carboxylic acids is 1. The zero-order valence-corrected chi connectivity index (χ0v) is 12.6. The van der Waals surface area contributed by atoms with E-state index in [1.807, 2.05) is 13.8 Å². The lowest BCUT2D eigenvalue weighted by atomic mass is 10.1. The minimum atomic E-state index is -0.591. The molecule has 0 fully saturated rings. The van der Waals surface area contributed by atoms with Gasteiger partial charge in [0.05, 0.1) is 12.8 Å². The van der Waals surface area contributed by atoms with Gasteiger partial charge in [0, 0.05) is 12.1 Å². The monoisotopic (exact) mass is 280 g/mol. The normalized spacial score (nSPS) is 12.1. The van der Waals surface area contributed by atoms with Crippen molar-refractivity contribution in [3.63, 3.8) is 0 Å². The molecule has 0 saturated carbocycles. The lowest BCUT2D eigenvalue weighted by molar-refractivity contribution is -0.128. The summed E-state index contributed by atoms with van der Waals surface area (Å²) >= 11 is 0. The van der Waals surface area contributed by atoms with Crippen molar-refractivity contribution in [1.82, 2.24) is 5.32 Å². The molecule has 1 amide bonds. The van der Waals surface area contributed by atoms with Gasteiger partial charge in [-0.05, 0) is 31.9 Å². The third kappa shape index (κ3) is 4.33. The molecule has 0 aliphatic heterocycles. The van der Waals surface area contributed by atoms with Crippen LogP contribution in [-0.4, -0.2) is 25.2 Å². The Morgan fingerprint density at radius 1 is 1.35 bits per heavy atom. The summed E-state index contributed by atoms with van der Waals surface area (Å²) in [5, 5.41) is 2.95. The highest BCUT2D eigenvalue weighted by Crippen LogP contribution is 2.27. The van der Waals surface area contributed by atoms with Gasteiger partial charge in [-0.15, -0.1) is 0 Å². The van der Waals surface area contributed by atoms with Crippen LogP contribution in [-0.2, 0) is 4.79 Å². The first-order chi connectivity index (χ1) is 9.51. The highest BCUT2D eigenvalue weighted by atomic mass is 16.5. The Morgan fingerprint density at radius 3 is 2.50 bits per heavy atom. The Bertz CT molecular complexity index is 445. The molecule has 112 valence electrons. The third-order valence-electron chi connectivity index (χ3n) is 3.22. The van der Waals surface area contributed by atoms with E-state index in [1.165, 1.54) is 0 Å². The van der Waals surface area contributed by atoms with Gasteiger partial charge in [0.2, 0.25) is 0 Å². The third-order valence-corrected chi connectivity index (χ3v) is 3.22. The molecule has 0 radical (unpaired) electrons. The molecule has 0 spiro atoms. The zero-order valence-electron chi connectivity index (χ0n) is 12.6. The summed E-state index contributed by atoms with van der Waals surface area (Å²) in [5.74, 6) is 1.01. The maximum Gasteiger partial charge on any atom is 0.260 e. The average Bonchev–Trinajstić information content (AvgIpc) is 2.46. The number of nitrogens with two attached hydrogens (primary N) is 1. The van der Waals surface area contributed by atoms with Gasteiger partial charge < -0.3 is 20.5 Å². The molecule has 0 aliphatic rings. The average molecular weight is 280 g/mol. The van der Waals surface area contributed by atoms with Crippen LogP contribution in [0.15, 0.2) is 18.2 Å². The van der Waals surface area contributed by atoms with Crippen LogP contribution < -0.4 is 20.5 Å². The summed E-state index contributed by atoms with van der Waals surface area (Å²) in [7, 11) is 1.57. The number of hydrogen-bond donors (Lipinski definition) is 2. The van der Waals surface area contributed by atoms with Gasteiger partial charge in [0.15, 0.2) is 6.10 Å². The van der Waals surface area contributed by atoms with E-state index in [0.29, 0.717) is 17.2 Å². The van der Waals surface area contributed by atoms with Gasteiger partial charge in [-0.25, -0.2) is 0 Å². The number of nitrogen functional groups attached to an aromatic ring is 1. The van der Waals surface area contributed by atoms with Crippen molar-refractivity contribution in [2.24, 2.45) is 0 Å². The highest BCUT2D eigenvalue weighted by molar-refractivity contribution is 5.81. The zero-order chi connectivity index (χ0) is 15.1. The van der Waals surface area contributed by atoms with E-state index >= 15 is 0 Å². The lowest BCUT2D eigenvalue weighted by Crippen LogP contribution is -2.42. The molecule has 5 nitrogen and oxygen atoms in total. The molecule has 0 saturated heterocycles. The maximum absolute atomic E-state index is 12.0. The van der Waals surface area contributed by atoms with Crippen LogP contribution in [0.5, 0.6) is 11.5 Å². The second-order valence-electron chi connectivity index (χ2n) is 4.69. The Morgan fingerprint density at radius 2 is 2.00 bits per heavy atom. The van der Waals surface area contributed by atoms with Crippen molar-refractivity contribution >= 4 is 11.6 Å². The second-order valence-corrected chi connectivity index (χ2v) is 4.69. The van der Waals surface area contributed by atoms with Crippen LogP contribution in [0.1, 0.15) is 33.6 Å². The van der Waals surface area contributed by atoms with E-state index in [2.05, 4.69) is 5.32 Å². The minimum absolute atomic E-state index is 0.131. The molecule has 1 aromatic carbocycles. The summed E-state index contributed by atoms with van der Waals surface area (Å²) < 4.78 is 10.7. The summed E-state index contributed by atoms with van der Waals surface area (Å²) in [6, 6.07) is 5.30. The first-order valence-corrected chi connectivity index (χ1v) is 6.92. The van der Waals surface area contributed by atoms with E-state index in [4.69, 9.17) is 15.2 Å². The van der Waals surface area contributed by atoms with Crippen molar-refractivity contribution in [2.75, 3.05) is 12.8 Å². The first kappa shape index (κ1) is 16.1. The first-order valence-electron chi connectivity index (χ1n) is 6.92. The van der Waals surface area contributed by atoms with Crippen molar-refractivity contribution < 1.29 is 14.3 Å². The molecule has 1 rings (SSSR count). The van der Waals surface area contributed by atoms with E-state index in [-0.39, 0.29) is 11.9 Å². The molecule has 20 heavy (non-hydrogen) atoms. The largest absolute Gasteiger partial charge is 0.497 e. The van der Waals surface area contributed by atoms with Crippen LogP contribution in [0.2, 0.25) is 0 Å². The number of hydrogen-bond acceptors (Lipinski definition) is 4. The molecule has 0 aliphatic carbocycles. The van der Waals surface area contributed by atoms with Gasteiger partial charge >= 0.3 is 0 Å². The summed E-state index contributed by atoms with van der Waals surface area (Å²) in [4.78, 5) is 12.0. The molecule has 5 heteroatoms. The molecule has 1 aromatic rings.